The summed E-state index contributed by atoms with van der Waals surface area (Å²) < 4.78 is 28.6. The van der Waals surface area contributed by atoms with Crippen LogP contribution in [0.2, 0.25) is 0 Å². The Bertz CT molecular complexity index is 1170. The standard InChI is InChI=1S/C26H34N4O4S/c1-18-14-19(2)24(20(3)15-18)35(33,34)30-11-5-7-23(30)26(32)29-12-8-22(9-13-29)25(31)28-17-21-6-4-10-27-16-21/h4,6,10,14-16,22-23H,5,7-9,11-13,17H2,1-3H3,(H,28,31). The Labute approximate surface area is 207 Å². The summed E-state index contributed by atoms with van der Waals surface area (Å²) in [5, 5.41) is 2.96. The maximum atomic E-state index is 13.6. The van der Waals surface area contributed by atoms with Gasteiger partial charge in [-0.25, -0.2) is 8.42 Å². The maximum Gasteiger partial charge on any atom is 0.244 e. The molecule has 1 aromatic carbocycles. The zero-order valence-corrected chi connectivity index (χ0v) is 21.5. The fourth-order valence-electron chi connectivity index (χ4n) is 5.37. The minimum Gasteiger partial charge on any atom is -0.352 e. The molecule has 0 radical (unpaired) electrons. The lowest BCUT2D eigenvalue weighted by atomic mass is 9.95. The number of aryl methyl sites for hydroxylation is 3. The van der Waals surface area contributed by atoms with Gasteiger partial charge in [0.15, 0.2) is 0 Å². The van der Waals surface area contributed by atoms with Crippen molar-refractivity contribution < 1.29 is 18.0 Å². The van der Waals surface area contributed by atoms with E-state index in [1.807, 2.05) is 45.0 Å². The number of likely N-dealkylation sites (tertiary alicyclic amines) is 1. The number of pyridine rings is 1. The fourth-order valence-corrected chi connectivity index (χ4v) is 7.44. The molecule has 1 aromatic heterocycles. The van der Waals surface area contributed by atoms with Crippen LogP contribution in [0.4, 0.5) is 0 Å². The number of benzene rings is 1. The van der Waals surface area contributed by atoms with Crippen LogP contribution in [0.25, 0.3) is 0 Å². The van der Waals surface area contributed by atoms with Crippen LogP contribution in [0, 0.1) is 26.7 Å². The molecule has 9 heteroatoms. The van der Waals surface area contributed by atoms with E-state index < -0.39 is 16.1 Å². The van der Waals surface area contributed by atoms with E-state index in [-0.39, 0.29) is 17.7 Å². The van der Waals surface area contributed by atoms with Crippen LogP contribution in [-0.2, 0) is 26.2 Å². The molecular weight excluding hydrogens is 464 g/mol. The molecule has 2 amide bonds. The molecule has 2 saturated heterocycles. The average Bonchev–Trinajstić information content (AvgIpc) is 3.33. The zero-order chi connectivity index (χ0) is 25.2. The van der Waals surface area contributed by atoms with Crippen LogP contribution in [0.15, 0.2) is 41.6 Å². The minimum atomic E-state index is -3.79. The molecule has 2 aliphatic heterocycles. The summed E-state index contributed by atoms with van der Waals surface area (Å²) in [5.41, 5.74) is 3.37. The predicted octanol–water partition coefficient (Wildman–Crippen LogP) is 2.71. The van der Waals surface area contributed by atoms with Crippen molar-refractivity contribution in [1.82, 2.24) is 19.5 Å². The molecule has 8 nitrogen and oxygen atoms in total. The number of hydrogen-bond donors (Lipinski definition) is 1. The van der Waals surface area contributed by atoms with Gasteiger partial charge >= 0.3 is 0 Å². The van der Waals surface area contributed by atoms with E-state index in [2.05, 4.69) is 10.3 Å². The van der Waals surface area contributed by atoms with E-state index in [0.29, 0.717) is 67.9 Å². The van der Waals surface area contributed by atoms with Crippen molar-refractivity contribution in [2.45, 2.75) is 63.9 Å². The Morgan fingerprint density at radius 3 is 2.37 bits per heavy atom. The first kappa shape index (κ1) is 25.3. The normalized spacial score (nSPS) is 19.6. The lowest BCUT2D eigenvalue weighted by Gasteiger charge is -2.35. The van der Waals surface area contributed by atoms with E-state index in [0.717, 1.165) is 11.1 Å². The van der Waals surface area contributed by atoms with Gasteiger partial charge in [0.2, 0.25) is 21.8 Å². The van der Waals surface area contributed by atoms with Crippen LogP contribution in [0.5, 0.6) is 0 Å². The smallest absolute Gasteiger partial charge is 0.244 e. The van der Waals surface area contributed by atoms with E-state index in [1.165, 1.54) is 4.31 Å². The highest BCUT2D eigenvalue weighted by Crippen LogP contribution is 2.32. The summed E-state index contributed by atoms with van der Waals surface area (Å²) in [6.07, 6.45) is 5.74. The fraction of sp³-hybridized carbons (Fsp3) is 0.500. The molecule has 2 fully saturated rings. The molecule has 35 heavy (non-hydrogen) atoms. The van der Waals surface area contributed by atoms with Gasteiger partial charge in [-0.15, -0.1) is 0 Å². The van der Waals surface area contributed by atoms with E-state index in [9.17, 15) is 18.0 Å². The topological polar surface area (TPSA) is 99.7 Å². The zero-order valence-electron chi connectivity index (χ0n) is 20.7. The predicted molar refractivity (Wildman–Crippen MR) is 133 cm³/mol. The summed E-state index contributed by atoms with van der Waals surface area (Å²) in [6, 6.07) is 6.80. The van der Waals surface area contributed by atoms with Crippen LogP contribution in [-0.4, -0.2) is 60.1 Å². The summed E-state index contributed by atoms with van der Waals surface area (Å²) in [5.74, 6) is -0.323. The van der Waals surface area contributed by atoms with Gasteiger partial charge in [0, 0.05) is 44.5 Å². The number of nitrogens with one attached hydrogen (secondary N) is 1. The van der Waals surface area contributed by atoms with Gasteiger partial charge < -0.3 is 10.2 Å². The number of carbonyl (C=O) groups is 2. The Morgan fingerprint density at radius 1 is 1.06 bits per heavy atom. The van der Waals surface area contributed by atoms with Gasteiger partial charge in [-0.3, -0.25) is 14.6 Å². The second-order valence-electron chi connectivity index (χ2n) is 9.68. The number of nitrogens with zero attached hydrogens (tertiary/aromatic N) is 3. The third-order valence-electron chi connectivity index (χ3n) is 7.03. The quantitative estimate of drug-likeness (QED) is 0.660. The lowest BCUT2D eigenvalue weighted by molar-refractivity contribution is -0.138. The highest BCUT2D eigenvalue weighted by Gasteiger charge is 2.43. The molecular formula is C26H34N4O4S. The molecule has 4 rings (SSSR count). The first-order valence-corrected chi connectivity index (χ1v) is 13.7. The molecule has 0 aliphatic carbocycles. The monoisotopic (exact) mass is 498 g/mol. The average molecular weight is 499 g/mol. The molecule has 2 aliphatic rings. The van der Waals surface area contributed by atoms with Gasteiger partial charge in [0.25, 0.3) is 0 Å². The third-order valence-corrected chi connectivity index (χ3v) is 9.24. The van der Waals surface area contributed by atoms with E-state index >= 15 is 0 Å². The first-order valence-electron chi connectivity index (χ1n) is 12.2. The number of amides is 2. The second-order valence-corrected chi connectivity index (χ2v) is 11.5. The summed E-state index contributed by atoms with van der Waals surface area (Å²) >= 11 is 0. The highest BCUT2D eigenvalue weighted by atomic mass is 32.2. The Hall–Kier alpha value is -2.78. The van der Waals surface area contributed by atoms with Gasteiger partial charge in [0.1, 0.15) is 6.04 Å². The largest absolute Gasteiger partial charge is 0.352 e. The highest BCUT2D eigenvalue weighted by molar-refractivity contribution is 7.89. The van der Waals surface area contributed by atoms with Crippen molar-refractivity contribution in [2.75, 3.05) is 19.6 Å². The van der Waals surface area contributed by atoms with Crippen LogP contribution in [0.1, 0.15) is 47.9 Å². The Kier molecular flexibility index (Phi) is 7.56. The van der Waals surface area contributed by atoms with E-state index in [4.69, 9.17) is 0 Å². The number of rotatable bonds is 6. The number of sulfonamides is 1. The molecule has 2 aromatic rings. The van der Waals surface area contributed by atoms with Crippen LogP contribution >= 0.6 is 0 Å². The molecule has 3 heterocycles. The van der Waals surface area contributed by atoms with Crippen molar-refractivity contribution in [3.63, 3.8) is 0 Å². The summed E-state index contributed by atoms with van der Waals surface area (Å²) in [6.45, 7) is 7.25. The summed E-state index contributed by atoms with van der Waals surface area (Å²) in [7, 11) is -3.79. The van der Waals surface area contributed by atoms with Gasteiger partial charge in [-0.2, -0.15) is 4.31 Å². The molecule has 0 saturated carbocycles. The third kappa shape index (κ3) is 5.41. The van der Waals surface area contributed by atoms with Crippen molar-refractivity contribution in [2.24, 2.45) is 5.92 Å². The van der Waals surface area contributed by atoms with Gasteiger partial charge in [-0.05, 0) is 69.2 Å². The first-order chi connectivity index (χ1) is 16.7. The van der Waals surface area contributed by atoms with Crippen LogP contribution < -0.4 is 5.32 Å². The number of aromatic nitrogens is 1. The second kappa shape index (κ2) is 10.5. The minimum absolute atomic E-state index is 0.0173. The van der Waals surface area contributed by atoms with Crippen LogP contribution in [0.3, 0.4) is 0 Å². The van der Waals surface area contributed by atoms with E-state index in [1.54, 1.807) is 17.3 Å². The molecule has 188 valence electrons. The van der Waals surface area contributed by atoms with Crippen molar-refractivity contribution in [3.05, 3.63) is 58.9 Å². The number of piperidine rings is 1. The SMILES string of the molecule is Cc1cc(C)c(S(=O)(=O)N2CCCC2C(=O)N2CCC(C(=O)NCc3cccnc3)CC2)c(C)c1. The van der Waals surface area contributed by atoms with Crippen molar-refractivity contribution in [1.29, 1.82) is 0 Å². The maximum absolute atomic E-state index is 13.6. The molecule has 1 N–H and O–H groups in total. The Morgan fingerprint density at radius 2 is 1.74 bits per heavy atom. The Balaban J connectivity index is 1.39. The molecule has 1 unspecified atom stereocenters. The van der Waals surface area contributed by atoms with Gasteiger partial charge in [-0.1, -0.05) is 23.8 Å². The number of hydrogen-bond acceptors (Lipinski definition) is 5. The van der Waals surface area contributed by atoms with Gasteiger partial charge in [0.05, 0.1) is 4.90 Å². The molecule has 0 bridgehead atoms. The van der Waals surface area contributed by atoms with Crippen molar-refractivity contribution >= 4 is 21.8 Å². The number of carbonyl (C=O) groups excluding carboxylic acids is 2. The lowest BCUT2D eigenvalue weighted by Crippen LogP contribution is -2.51. The molecule has 0 spiro atoms. The van der Waals surface area contributed by atoms with Crippen molar-refractivity contribution in [3.8, 4) is 0 Å². The summed E-state index contributed by atoms with van der Waals surface area (Å²) in [4.78, 5) is 32.1. The molecule has 1 atom stereocenters.